The summed E-state index contributed by atoms with van der Waals surface area (Å²) in [5.41, 5.74) is 0. The normalized spacial score (nSPS) is 19.2. The van der Waals surface area contributed by atoms with E-state index >= 15 is 0 Å². The lowest BCUT2D eigenvalue weighted by Crippen LogP contribution is -2.09. The summed E-state index contributed by atoms with van der Waals surface area (Å²) in [7, 11) is 0. The van der Waals surface area contributed by atoms with Crippen molar-refractivity contribution < 1.29 is 4.52 Å². The van der Waals surface area contributed by atoms with Crippen molar-refractivity contribution in [3.8, 4) is 0 Å². The highest BCUT2D eigenvalue weighted by atomic mass is 35.5. The molecule has 0 bridgehead atoms. The molecule has 0 unspecified atom stereocenters. The Morgan fingerprint density at radius 3 is 2.69 bits per heavy atom. The Morgan fingerprint density at radius 1 is 1.31 bits per heavy atom. The van der Waals surface area contributed by atoms with E-state index < -0.39 is 0 Å². The fourth-order valence-corrected chi connectivity index (χ4v) is 2.08. The van der Waals surface area contributed by atoms with Crippen LogP contribution in [0, 0.1) is 5.92 Å². The Labute approximate surface area is 82.5 Å². The van der Waals surface area contributed by atoms with Crippen molar-refractivity contribution in [2.24, 2.45) is 5.92 Å². The molecular formula is C9H13ClN2O. The van der Waals surface area contributed by atoms with E-state index in [0.717, 1.165) is 12.3 Å². The van der Waals surface area contributed by atoms with E-state index in [1.165, 1.54) is 32.1 Å². The van der Waals surface area contributed by atoms with E-state index in [9.17, 15) is 0 Å². The van der Waals surface area contributed by atoms with Crippen molar-refractivity contribution in [1.82, 2.24) is 10.1 Å². The van der Waals surface area contributed by atoms with E-state index in [1.807, 2.05) is 0 Å². The van der Waals surface area contributed by atoms with Crippen LogP contribution in [0.4, 0.5) is 0 Å². The third kappa shape index (κ3) is 2.44. The van der Waals surface area contributed by atoms with Crippen LogP contribution in [0.2, 0.25) is 5.28 Å². The van der Waals surface area contributed by atoms with Crippen LogP contribution in [0.3, 0.4) is 0 Å². The Hall–Kier alpha value is -0.570. The zero-order valence-electron chi connectivity index (χ0n) is 7.50. The first-order valence-electron chi connectivity index (χ1n) is 4.82. The summed E-state index contributed by atoms with van der Waals surface area (Å²) in [6.45, 7) is 0. The predicted molar refractivity (Wildman–Crippen MR) is 49.6 cm³/mol. The van der Waals surface area contributed by atoms with Crippen LogP contribution >= 0.6 is 11.6 Å². The molecule has 1 fully saturated rings. The molecule has 2 rings (SSSR count). The molecule has 4 heteroatoms. The summed E-state index contributed by atoms with van der Waals surface area (Å²) in [6, 6.07) is 0. The van der Waals surface area contributed by atoms with Crippen molar-refractivity contribution in [3.63, 3.8) is 0 Å². The zero-order chi connectivity index (χ0) is 9.10. The van der Waals surface area contributed by atoms with Crippen LogP contribution in [-0.4, -0.2) is 10.1 Å². The molecule has 0 N–H and O–H groups in total. The average Bonchev–Trinajstić information content (AvgIpc) is 2.53. The van der Waals surface area contributed by atoms with Gasteiger partial charge in [0.25, 0.3) is 5.28 Å². The van der Waals surface area contributed by atoms with Gasteiger partial charge in [-0.2, -0.15) is 4.98 Å². The lowest BCUT2D eigenvalue weighted by atomic mass is 9.87. The molecule has 1 aromatic heterocycles. The minimum absolute atomic E-state index is 0.228. The third-order valence-electron chi connectivity index (χ3n) is 2.63. The molecule has 1 heterocycles. The monoisotopic (exact) mass is 200 g/mol. The second kappa shape index (κ2) is 4.09. The number of aromatic nitrogens is 2. The maximum atomic E-state index is 5.56. The third-order valence-corrected chi connectivity index (χ3v) is 2.78. The molecule has 72 valence electrons. The van der Waals surface area contributed by atoms with Crippen LogP contribution in [0.15, 0.2) is 4.52 Å². The summed E-state index contributed by atoms with van der Waals surface area (Å²) < 4.78 is 4.97. The fraction of sp³-hybridized carbons (Fsp3) is 0.778. The minimum Gasteiger partial charge on any atom is -0.338 e. The van der Waals surface area contributed by atoms with Crippen LogP contribution in [0.5, 0.6) is 0 Å². The smallest absolute Gasteiger partial charge is 0.263 e. The second-order valence-corrected chi connectivity index (χ2v) is 4.00. The lowest BCUT2D eigenvalue weighted by Gasteiger charge is -2.19. The molecule has 0 radical (unpaired) electrons. The molecule has 0 spiro atoms. The number of nitrogens with zero attached hydrogens (tertiary/aromatic N) is 2. The molecule has 0 aromatic carbocycles. The summed E-state index contributed by atoms with van der Waals surface area (Å²) in [6.07, 6.45) is 7.54. The Bertz CT molecular complexity index is 268. The highest BCUT2D eigenvalue weighted by Gasteiger charge is 2.16. The number of hydrogen-bond acceptors (Lipinski definition) is 3. The molecule has 13 heavy (non-hydrogen) atoms. The first-order chi connectivity index (χ1) is 6.34. The first-order valence-corrected chi connectivity index (χ1v) is 5.20. The second-order valence-electron chi connectivity index (χ2n) is 3.67. The van der Waals surface area contributed by atoms with Crippen molar-refractivity contribution >= 4 is 11.6 Å². The van der Waals surface area contributed by atoms with Gasteiger partial charge >= 0.3 is 0 Å². The fourth-order valence-electron chi connectivity index (χ4n) is 1.96. The Morgan fingerprint density at radius 2 is 2.08 bits per heavy atom. The zero-order valence-corrected chi connectivity index (χ0v) is 8.26. The largest absolute Gasteiger partial charge is 0.338 e. The highest BCUT2D eigenvalue weighted by Crippen LogP contribution is 2.26. The van der Waals surface area contributed by atoms with Crippen molar-refractivity contribution in [2.75, 3.05) is 0 Å². The van der Waals surface area contributed by atoms with Gasteiger partial charge in [-0.15, -0.1) is 0 Å². The van der Waals surface area contributed by atoms with Gasteiger partial charge < -0.3 is 4.52 Å². The van der Waals surface area contributed by atoms with E-state index in [2.05, 4.69) is 10.1 Å². The topological polar surface area (TPSA) is 38.9 Å². The van der Waals surface area contributed by atoms with E-state index in [4.69, 9.17) is 16.1 Å². The molecule has 1 aliphatic carbocycles. The van der Waals surface area contributed by atoms with Gasteiger partial charge in [0.1, 0.15) is 0 Å². The quantitative estimate of drug-likeness (QED) is 0.737. The molecule has 1 saturated carbocycles. The van der Waals surface area contributed by atoms with Gasteiger partial charge in [0.15, 0.2) is 0 Å². The van der Waals surface area contributed by atoms with Gasteiger partial charge in [0.05, 0.1) is 0 Å². The summed E-state index contributed by atoms with van der Waals surface area (Å²) in [5, 5.41) is 3.79. The van der Waals surface area contributed by atoms with Gasteiger partial charge in [0, 0.05) is 6.42 Å². The van der Waals surface area contributed by atoms with Gasteiger partial charge in [-0.3, -0.25) is 0 Å². The van der Waals surface area contributed by atoms with Gasteiger partial charge in [0.2, 0.25) is 5.89 Å². The van der Waals surface area contributed by atoms with Gasteiger partial charge in [-0.1, -0.05) is 19.3 Å². The average molecular weight is 201 g/mol. The number of halogens is 1. The van der Waals surface area contributed by atoms with E-state index in [0.29, 0.717) is 5.89 Å². The van der Waals surface area contributed by atoms with Crippen molar-refractivity contribution in [3.05, 3.63) is 11.2 Å². The molecule has 3 nitrogen and oxygen atoms in total. The maximum absolute atomic E-state index is 5.56. The molecule has 0 saturated heterocycles. The highest BCUT2D eigenvalue weighted by molar-refractivity contribution is 6.28. The Balaban J connectivity index is 1.89. The molecule has 0 amide bonds. The standard InChI is InChI=1S/C9H13ClN2O/c10-9-11-8(13-12-9)6-7-4-2-1-3-5-7/h7H,1-6H2. The first kappa shape index (κ1) is 9.00. The van der Waals surface area contributed by atoms with Crippen molar-refractivity contribution in [1.29, 1.82) is 0 Å². The van der Waals surface area contributed by atoms with Crippen LogP contribution < -0.4 is 0 Å². The van der Waals surface area contributed by atoms with Crippen molar-refractivity contribution in [2.45, 2.75) is 38.5 Å². The minimum atomic E-state index is 0.228. The maximum Gasteiger partial charge on any atom is 0.263 e. The van der Waals surface area contributed by atoms with E-state index in [1.54, 1.807) is 0 Å². The molecular weight excluding hydrogens is 188 g/mol. The van der Waals surface area contributed by atoms with E-state index in [-0.39, 0.29) is 5.28 Å². The predicted octanol–water partition coefficient (Wildman–Crippen LogP) is 2.85. The number of rotatable bonds is 2. The summed E-state index contributed by atoms with van der Waals surface area (Å²) in [5.74, 6) is 1.42. The van der Waals surface area contributed by atoms with Crippen LogP contribution in [0.1, 0.15) is 38.0 Å². The van der Waals surface area contributed by atoms with Crippen LogP contribution in [0.25, 0.3) is 0 Å². The molecule has 1 aliphatic rings. The molecule has 1 aromatic rings. The SMILES string of the molecule is Clc1noc(CC2CCCCC2)n1. The lowest BCUT2D eigenvalue weighted by molar-refractivity contribution is 0.304. The Kier molecular flexibility index (Phi) is 2.83. The van der Waals surface area contributed by atoms with Gasteiger partial charge in [-0.05, 0) is 35.5 Å². The summed E-state index contributed by atoms with van der Waals surface area (Å²) in [4.78, 5) is 3.99. The summed E-state index contributed by atoms with van der Waals surface area (Å²) >= 11 is 5.56. The van der Waals surface area contributed by atoms with Crippen LogP contribution in [-0.2, 0) is 6.42 Å². The number of hydrogen-bond donors (Lipinski definition) is 0. The molecule has 0 atom stereocenters. The molecule has 0 aliphatic heterocycles. The van der Waals surface area contributed by atoms with Gasteiger partial charge in [-0.25, -0.2) is 0 Å².